The minimum absolute atomic E-state index is 0.0212. The van der Waals surface area contributed by atoms with Crippen molar-refractivity contribution in [2.24, 2.45) is 17.3 Å². The summed E-state index contributed by atoms with van der Waals surface area (Å²) in [5.41, 5.74) is 3.31. The summed E-state index contributed by atoms with van der Waals surface area (Å²) in [6.07, 6.45) is 9.63. The maximum Gasteiger partial charge on any atom is 0.264 e. The number of carbonyl (C=O) groups excluding carboxylic acids is 1. The summed E-state index contributed by atoms with van der Waals surface area (Å²) >= 11 is 6.43. The van der Waals surface area contributed by atoms with E-state index < -0.39 is 21.2 Å². The number of benzene rings is 2. The Kier molecular flexibility index (Phi) is 9.02. The van der Waals surface area contributed by atoms with Gasteiger partial charge in [-0.25, -0.2) is 13.1 Å². The van der Waals surface area contributed by atoms with Crippen LogP contribution in [0.1, 0.15) is 67.4 Å². The molecular weight excluding hydrogens is 612 g/mol. The van der Waals surface area contributed by atoms with Crippen molar-refractivity contribution in [1.82, 2.24) is 4.72 Å². The number of aryl methyl sites for hydroxylation is 1. The first kappa shape index (κ1) is 32.4. The van der Waals surface area contributed by atoms with Gasteiger partial charge in [-0.1, -0.05) is 43.7 Å². The Morgan fingerprint density at radius 1 is 1.13 bits per heavy atom. The molecule has 1 unspecified atom stereocenters. The molecule has 6 atom stereocenters. The van der Waals surface area contributed by atoms with E-state index in [2.05, 4.69) is 34.8 Å². The van der Waals surface area contributed by atoms with E-state index in [9.17, 15) is 13.2 Å². The van der Waals surface area contributed by atoms with Crippen LogP contribution >= 0.6 is 11.6 Å². The Morgan fingerprint density at radius 3 is 2.69 bits per heavy atom. The number of hydrogen-bond donors (Lipinski definition) is 1. The Labute approximate surface area is 272 Å². The van der Waals surface area contributed by atoms with E-state index in [1.54, 1.807) is 19.2 Å². The van der Waals surface area contributed by atoms with E-state index in [-0.39, 0.29) is 40.9 Å². The maximum atomic E-state index is 13.6. The number of nitrogens with one attached hydrogen (secondary N) is 1. The van der Waals surface area contributed by atoms with Crippen LogP contribution in [-0.4, -0.2) is 66.2 Å². The minimum atomic E-state index is -4.04. The van der Waals surface area contributed by atoms with Crippen LogP contribution in [0.4, 0.5) is 5.69 Å². The molecule has 0 aromatic heterocycles. The zero-order chi connectivity index (χ0) is 32.0. The number of methoxy groups -OCH3 is 2. The number of ether oxygens (including phenoxy) is 3. The van der Waals surface area contributed by atoms with Gasteiger partial charge in [-0.05, 0) is 97.2 Å². The van der Waals surface area contributed by atoms with Crippen LogP contribution in [0, 0.1) is 17.3 Å². The summed E-state index contributed by atoms with van der Waals surface area (Å²) in [6, 6.07) is 11.5. The lowest BCUT2D eigenvalue weighted by molar-refractivity contribution is -0.0438. The van der Waals surface area contributed by atoms with Gasteiger partial charge in [0.2, 0.25) is 10.0 Å². The standard InChI is InChI=1S/C35H45ClN2O6S/c1-23-7-5-9-30(43-4)28-14-16-34(28,2)20-38-21-35(15-6-8-24-17-26(36)11-12-27(24)35)22-44-31-13-10-25(18-29(31)38)33(39)37-45(40,41)32(23)19-42-3/h5,9-13,17-18,23,28,30,32H,6-8,14-16,19-22H2,1-4H3,(H,37,39)/b9-5+/t23-,28-,30-,32+,34?,35-/m0/s1. The average molecular weight is 657 g/mol. The van der Waals surface area contributed by atoms with E-state index in [1.807, 2.05) is 25.1 Å². The molecule has 0 radical (unpaired) electrons. The Hall–Kier alpha value is -2.59. The molecule has 244 valence electrons. The van der Waals surface area contributed by atoms with E-state index in [0.29, 0.717) is 25.3 Å². The highest BCUT2D eigenvalue weighted by molar-refractivity contribution is 7.90. The molecule has 2 aromatic carbocycles. The number of hydrogen-bond acceptors (Lipinski definition) is 7. The van der Waals surface area contributed by atoms with Gasteiger partial charge in [0.05, 0.1) is 25.0 Å². The highest BCUT2D eigenvalue weighted by atomic mass is 35.5. The van der Waals surface area contributed by atoms with Gasteiger partial charge in [-0.3, -0.25) is 4.79 Å². The van der Waals surface area contributed by atoms with E-state index >= 15 is 0 Å². The van der Waals surface area contributed by atoms with E-state index in [0.717, 1.165) is 49.4 Å². The van der Waals surface area contributed by atoms with Crippen molar-refractivity contribution < 1.29 is 27.4 Å². The highest BCUT2D eigenvalue weighted by Crippen LogP contribution is 2.52. The molecule has 0 saturated heterocycles. The summed E-state index contributed by atoms with van der Waals surface area (Å²) in [6.45, 7) is 6.17. The smallest absolute Gasteiger partial charge is 0.264 e. The normalized spacial score (nSPS) is 33.5. The van der Waals surface area contributed by atoms with Crippen molar-refractivity contribution >= 4 is 33.2 Å². The van der Waals surface area contributed by atoms with Gasteiger partial charge in [0.25, 0.3) is 5.91 Å². The van der Waals surface area contributed by atoms with Crippen LogP contribution in [0.2, 0.25) is 5.02 Å². The zero-order valence-corrected chi connectivity index (χ0v) is 28.3. The number of sulfonamides is 1. The number of halogens is 1. The second-order valence-corrected chi connectivity index (χ2v) is 16.2. The number of carbonyl (C=O) groups is 1. The van der Waals surface area contributed by atoms with Gasteiger partial charge in [-0.15, -0.1) is 0 Å². The predicted octanol–water partition coefficient (Wildman–Crippen LogP) is 5.92. The van der Waals surface area contributed by atoms with Crippen LogP contribution in [0.25, 0.3) is 0 Å². The number of rotatable bonds is 3. The van der Waals surface area contributed by atoms with Crippen molar-refractivity contribution in [2.45, 2.75) is 69.1 Å². The number of allylic oxidation sites excluding steroid dienone is 1. The van der Waals surface area contributed by atoms with Gasteiger partial charge in [0, 0.05) is 43.3 Å². The van der Waals surface area contributed by atoms with Gasteiger partial charge < -0.3 is 19.1 Å². The lowest BCUT2D eigenvalue weighted by Crippen LogP contribution is -2.54. The largest absolute Gasteiger partial charge is 0.490 e. The second-order valence-electron chi connectivity index (χ2n) is 13.9. The molecule has 8 nitrogen and oxygen atoms in total. The molecule has 6 rings (SSSR count). The summed E-state index contributed by atoms with van der Waals surface area (Å²) in [5, 5.41) is -0.163. The molecule has 2 heterocycles. The third kappa shape index (κ3) is 6.13. The van der Waals surface area contributed by atoms with Gasteiger partial charge in [-0.2, -0.15) is 0 Å². The molecule has 45 heavy (non-hydrogen) atoms. The quantitative estimate of drug-likeness (QED) is 0.410. The number of fused-ring (bicyclic) bond motifs is 4. The predicted molar refractivity (Wildman–Crippen MR) is 177 cm³/mol. The van der Waals surface area contributed by atoms with Crippen molar-refractivity contribution in [3.05, 3.63) is 70.3 Å². The Morgan fingerprint density at radius 2 is 1.96 bits per heavy atom. The van der Waals surface area contributed by atoms with Gasteiger partial charge >= 0.3 is 0 Å². The molecule has 10 heteroatoms. The monoisotopic (exact) mass is 656 g/mol. The third-order valence-corrected chi connectivity index (χ3v) is 13.0. The van der Waals surface area contributed by atoms with Gasteiger partial charge in [0.15, 0.2) is 0 Å². The molecule has 2 aromatic rings. The molecule has 1 spiro atoms. The number of nitrogens with zero attached hydrogens (tertiary/aromatic N) is 1. The molecule has 1 N–H and O–H groups in total. The van der Waals surface area contributed by atoms with Crippen LogP contribution in [-0.2, 0) is 31.3 Å². The summed E-state index contributed by atoms with van der Waals surface area (Å²) in [4.78, 5) is 16.0. The first-order valence-electron chi connectivity index (χ1n) is 16.0. The van der Waals surface area contributed by atoms with Crippen LogP contribution < -0.4 is 14.4 Å². The average Bonchev–Trinajstić information content (AvgIpc) is 3.14. The fourth-order valence-corrected chi connectivity index (χ4v) is 9.93. The van der Waals surface area contributed by atoms with Crippen molar-refractivity contribution in [2.75, 3.05) is 45.4 Å². The zero-order valence-electron chi connectivity index (χ0n) is 26.7. The fraction of sp³-hybridized carbons (Fsp3) is 0.571. The van der Waals surface area contributed by atoms with Crippen LogP contribution in [0.3, 0.4) is 0 Å². The van der Waals surface area contributed by atoms with E-state index in [4.69, 9.17) is 25.8 Å². The summed E-state index contributed by atoms with van der Waals surface area (Å²) in [5.74, 6) is 0.0394. The molecular formula is C35H45ClN2O6S. The minimum Gasteiger partial charge on any atom is -0.490 e. The van der Waals surface area contributed by atoms with Crippen molar-refractivity contribution in [1.29, 1.82) is 0 Å². The maximum absolute atomic E-state index is 13.6. The third-order valence-electron chi connectivity index (χ3n) is 10.9. The fourth-order valence-electron chi connectivity index (χ4n) is 8.17. The van der Waals surface area contributed by atoms with Gasteiger partial charge in [0.1, 0.15) is 11.0 Å². The van der Waals surface area contributed by atoms with E-state index in [1.165, 1.54) is 18.2 Å². The molecule has 1 amide bonds. The number of anilines is 1. The molecule has 2 aliphatic heterocycles. The lowest BCUT2D eigenvalue weighted by Gasteiger charge is -2.53. The van der Waals surface area contributed by atoms with Crippen LogP contribution in [0.5, 0.6) is 5.75 Å². The Balaban J connectivity index is 1.45. The SMILES string of the molecule is COC[C@@H]1[C@@H](C)C/C=C/[C@H](OC)[C@@H]2CCC2(C)CN2C[C@@]3(CCCc4cc(Cl)ccc43)COc3ccc(cc32)C(=O)NS1(=O)=O. The first-order chi connectivity index (χ1) is 21.5. The van der Waals surface area contributed by atoms with Crippen molar-refractivity contribution in [3.8, 4) is 5.75 Å². The van der Waals surface area contributed by atoms with Crippen LogP contribution in [0.15, 0.2) is 48.6 Å². The second kappa shape index (κ2) is 12.5. The van der Waals surface area contributed by atoms with Crippen molar-refractivity contribution in [3.63, 3.8) is 0 Å². The summed E-state index contributed by atoms with van der Waals surface area (Å²) < 4.78 is 47.5. The molecule has 2 aliphatic carbocycles. The topological polar surface area (TPSA) is 94.2 Å². The molecule has 2 bridgehead atoms. The summed E-state index contributed by atoms with van der Waals surface area (Å²) in [7, 11) is -0.813. The molecule has 1 fully saturated rings. The Bertz CT molecular complexity index is 1580. The molecule has 1 saturated carbocycles. The number of amides is 1. The first-order valence-corrected chi connectivity index (χ1v) is 18.0. The highest BCUT2D eigenvalue weighted by Gasteiger charge is 2.50. The lowest BCUT2D eigenvalue weighted by atomic mass is 9.58. The molecule has 4 aliphatic rings.